The van der Waals surface area contributed by atoms with E-state index in [-0.39, 0.29) is 42.1 Å². The van der Waals surface area contributed by atoms with Gasteiger partial charge in [0.2, 0.25) is 0 Å². The third kappa shape index (κ3) is 7.32. The van der Waals surface area contributed by atoms with Crippen LogP contribution in [0.25, 0.3) is 16.6 Å². The van der Waals surface area contributed by atoms with Gasteiger partial charge in [0.05, 0.1) is 5.52 Å². The zero-order valence-corrected chi connectivity index (χ0v) is 23.8. The van der Waals surface area contributed by atoms with Crippen LogP contribution in [0.4, 0.5) is 10.1 Å². The first-order chi connectivity index (χ1) is 17.0. The Kier molecular flexibility index (Phi) is 13.8. The number of rotatable bonds is 4. The van der Waals surface area contributed by atoms with E-state index in [0.29, 0.717) is 17.5 Å². The molecule has 1 aromatic heterocycles. The van der Waals surface area contributed by atoms with Crippen LogP contribution in [-0.4, -0.2) is 35.6 Å². The maximum Gasteiger partial charge on any atom is 0.290 e. The van der Waals surface area contributed by atoms with Crippen LogP contribution in [0.1, 0.15) is 74.1 Å². The third-order valence-electron chi connectivity index (χ3n) is 6.61. The Hall–Kier alpha value is -2.45. The van der Waals surface area contributed by atoms with E-state index in [9.17, 15) is 4.39 Å². The molecule has 2 heterocycles. The number of aromatic nitrogens is 1. The normalized spacial score (nSPS) is 15.0. The number of hydrogen-bond acceptors (Lipinski definition) is 4. The molecule has 0 amide bonds. The van der Waals surface area contributed by atoms with Crippen molar-refractivity contribution in [1.29, 1.82) is 5.41 Å². The van der Waals surface area contributed by atoms with Crippen molar-refractivity contribution >= 4 is 29.3 Å². The fraction of sp³-hybridized carbons (Fsp3) is 0.379. The zero-order valence-electron chi connectivity index (χ0n) is 21.6. The van der Waals surface area contributed by atoms with E-state index in [1.54, 1.807) is 0 Å². The van der Waals surface area contributed by atoms with Crippen LogP contribution < -0.4 is 5.73 Å². The summed E-state index contributed by atoms with van der Waals surface area (Å²) in [7, 11) is 0. The minimum Gasteiger partial charge on any atom is -0.483 e. The topological polar surface area (TPSA) is 101 Å². The van der Waals surface area contributed by atoms with Gasteiger partial charge in [0.1, 0.15) is 5.82 Å². The van der Waals surface area contributed by atoms with Crippen molar-refractivity contribution in [2.45, 2.75) is 57.3 Å². The molecule has 0 bridgehead atoms. The van der Waals surface area contributed by atoms with Gasteiger partial charge in [-0.2, -0.15) is 6.42 Å². The second kappa shape index (κ2) is 15.7. The number of fused-ring (bicyclic) bond motifs is 1. The van der Waals surface area contributed by atoms with Crippen molar-refractivity contribution in [1.82, 2.24) is 4.57 Å². The number of halogens is 1. The van der Waals surface area contributed by atoms with Gasteiger partial charge in [0.25, 0.3) is 6.47 Å². The van der Waals surface area contributed by atoms with Gasteiger partial charge in [0.15, 0.2) is 0 Å². The van der Waals surface area contributed by atoms with Crippen LogP contribution in [0.5, 0.6) is 0 Å². The van der Waals surface area contributed by atoms with Gasteiger partial charge < -0.3 is 39.9 Å². The molecule has 0 spiro atoms. The summed E-state index contributed by atoms with van der Waals surface area (Å²) < 4.78 is 21.6. The van der Waals surface area contributed by atoms with Crippen LogP contribution in [0, 0.1) is 25.6 Å². The van der Waals surface area contributed by atoms with Crippen LogP contribution >= 0.6 is 0 Å². The molecule has 0 atom stereocenters. The van der Waals surface area contributed by atoms with Gasteiger partial charge in [-0.3, -0.25) is 4.79 Å². The molecule has 2 fully saturated rings. The second-order valence-corrected chi connectivity index (χ2v) is 8.87. The molecule has 3 aromatic rings. The molecular formula is C29H38AuFN3O3-2. The van der Waals surface area contributed by atoms with E-state index >= 15 is 0 Å². The molecule has 5 rings (SSSR count). The summed E-state index contributed by atoms with van der Waals surface area (Å²) in [5, 5.41) is 15.8. The number of nitrogens with zero attached hydrogens (tertiary/aromatic N) is 1. The molecule has 1 saturated carbocycles. The standard InChI is InChI=1S/C24H26FN3O.C3H7.CH2O2.CH3.Au/c25-18-4-6-19(7-5-18)28-22-12-17(14-26)21(27)13-20(22)23(15-2-1-3-15)24(28)16-8-10-29-11-9-16;1-3-2;2-1-3;;/h4-7,12-16,26H,1-3,8-11,27H2;1,3H2,2H3;1H,(H,2,3);1H3;/q;-1;;-1;. The number of nitrogens with one attached hydrogen (secondary N) is 1. The van der Waals surface area contributed by atoms with Crippen molar-refractivity contribution in [3.63, 3.8) is 0 Å². The Labute approximate surface area is 235 Å². The number of ether oxygens (including phenoxy) is 1. The predicted molar refractivity (Wildman–Crippen MR) is 146 cm³/mol. The maximum atomic E-state index is 13.7. The van der Waals surface area contributed by atoms with E-state index < -0.39 is 0 Å². The summed E-state index contributed by atoms with van der Waals surface area (Å²) >= 11 is 0. The molecule has 37 heavy (non-hydrogen) atoms. The van der Waals surface area contributed by atoms with E-state index in [0.717, 1.165) is 49.2 Å². The first kappa shape index (κ1) is 32.6. The molecule has 1 radical (unpaired) electrons. The number of hydrogen-bond donors (Lipinski definition) is 3. The molecular weight excluding hydrogens is 654 g/mol. The molecule has 8 heteroatoms. The van der Waals surface area contributed by atoms with Crippen molar-refractivity contribution in [3.05, 3.63) is 73.4 Å². The average Bonchev–Trinajstić information content (AvgIpc) is 3.13. The summed E-state index contributed by atoms with van der Waals surface area (Å²) in [6.45, 7) is 6.79. The Morgan fingerprint density at radius 1 is 1.16 bits per heavy atom. The average molecular weight is 693 g/mol. The number of carboxylic acid groups (broad SMARTS) is 1. The number of nitrogens with two attached hydrogens (primary N) is 1. The number of anilines is 1. The first-order valence-corrected chi connectivity index (χ1v) is 12.2. The molecule has 2 aromatic carbocycles. The van der Waals surface area contributed by atoms with Gasteiger partial charge in [-0.15, -0.1) is 0 Å². The summed E-state index contributed by atoms with van der Waals surface area (Å²) in [4.78, 5) is 8.36. The van der Waals surface area contributed by atoms with E-state index in [1.165, 1.54) is 54.3 Å². The van der Waals surface area contributed by atoms with Crippen molar-refractivity contribution in [3.8, 4) is 5.69 Å². The maximum absolute atomic E-state index is 13.7. The summed E-state index contributed by atoms with van der Waals surface area (Å²) in [6, 6.07) is 10.8. The van der Waals surface area contributed by atoms with Crippen molar-refractivity contribution < 1.29 is 41.4 Å². The minimum absolute atomic E-state index is 0. The fourth-order valence-corrected chi connectivity index (χ4v) is 4.90. The van der Waals surface area contributed by atoms with Crippen LogP contribution in [0.3, 0.4) is 0 Å². The monoisotopic (exact) mass is 692 g/mol. The second-order valence-electron chi connectivity index (χ2n) is 8.87. The Balaban J connectivity index is 0.000000785. The van der Waals surface area contributed by atoms with Crippen LogP contribution in [-0.2, 0) is 31.9 Å². The molecule has 1 aliphatic carbocycles. The Morgan fingerprint density at radius 3 is 2.22 bits per heavy atom. The minimum atomic E-state index is -0.250. The number of benzene rings is 2. The Morgan fingerprint density at radius 2 is 1.73 bits per heavy atom. The Bertz CT molecular complexity index is 1140. The van der Waals surface area contributed by atoms with Crippen LogP contribution in [0.2, 0.25) is 0 Å². The van der Waals surface area contributed by atoms with E-state index in [1.807, 2.05) is 31.2 Å². The number of carbonyl (C=O) groups is 1. The summed E-state index contributed by atoms with van der Waals surface area (Å²) in [6.07, 6.45) is 7.95. The molecule has 1 aliphatic heterocycles. The molecule has 6 nitrogen and oxygen atoms in total. The molecule has 207 valence electrons. The van der Waals surface area contributed by atoms with Crippen molar-refractivity contribution in [2.24, 2.45) is 0 Å². The molecule has 1 saturated heterocycles. The molecule has 2 aliphatic rings. The summed E-state index contributed by atoms with van der Waals surface area (Å²) in [5.41, 5.74) is 12.4. The van der Waals surface area contributed by atoms with Gasteiger partial charge in [-0.05, 0) is 73.6 Å². The largest absolute Gasteiger partial charge is 0.483 e. The smallest absolute Gasteiger partial charge is 0.290 e. The quantitative estimate of drug-likeness (QED) is 0.0912. The van der Waals surface area contributed by atoms with Crippen LogP contribution in [0.15, 0.2) is 36.4 Å². The van der Waals surface area contributed by atoms with Gasteiger partial charge in [-0.25, -0.2) is 4.39 Å². The SMILES string of the molecule is N=Cc1cc2c(cc1N)c(C1CCC1)c(C1CCOCC1)n2-c1ccc(F)cc1.O=CO.[Au].[CH2-]CC.[CH3-]. The van der Waals surface area contributed by atoms with Gasteiger partial charge in [0, 0.05) is 75.7 Å². The number of nitrogen functional groups attached to an aromatic ring is 1. The van der Waals surface area contributed by atoms with Gasteiger partial charge >= 0.3 is 0 Å². The molecule has 4 N–H and O–H groups in total. The summed E-state index contributed by atoms with van der Waals surface area (Å²) in [5.74, 6) is 0.713. The van der Waals surface area contributed by atoms with E-state index in [4.69, 9.17) is 25.8 Å². The predicted octanol–water partition coefficient (Wildman–Crippen LogP) is 6.89. The van der Waals surface area contributed by atoms with E-state index in [2.05, 4.69) is 11.5 Å². The zero-order chi connectivity index (χ0) is 25.4. The first-order valence-electron chi connectivity index (χ1n) is 12.2. The third-order valence-corrected chi connectivity index (χ3v) is 6.61. The molecule has 0 unspecified atom stereocenters. The van der Waals surface area contributed by atoms with Gasteiger partial charge in [-0.1, -0.05) is 13.3 Å². The van der Waals surface area contributed by atoms with Crippen molar-refractivity contribution in [2.75, 3.05) is 18.9 Å². The fourth-order valence-electron chi connectivity index (χ4n) is 4.90.